The number of likely N-dealkylation sites (tertiary alicyclic amines) is 1. The topological polar surface area (TPSA) is 38.5 Å². The number of rotatable bonds is 3. The Hall–Kier alpha value is -0.120. The van der Waals surface area contributed by atoms with E-state index in [1.807, 2.05) is 0 Å². The van der Waals surface area contributed by atoms with Gasteiger partial charge in [0.25, 0.3) is 0 Å². The van der Waals surface area contributed by atoms with Crippen molar-refractivity contribution < 1.29 is 4.74 Å². The highest BCUT2D eigenvalue weighted by Gasteiger charge is 2.20. The zero-order valence-electron chi connectivity index (χ0n) is 6.55. The van der Waals surface area contributed by atoms with Crippen LogP contribution in [0, 0.1) is 0 Å². The van der Waals surface area contributed by atoms with Gasteiger partial charge in [-0.2, -0.15) is 0 Å². The lowest BCUT2D eigenvalue weighted by Gasteiger charge is -2.13. The van der Waals surface area contributed by atoms with Crippen molar-refractivity contribution in [3.05, 3.63) is 0 Å². The first kappa shape index (κ1) is 7.98. The van der Waals surface area contributed by atoms with Crippen LogP contribution in [0.3, 0.4) is 0 Å². The minimum Gasteiger partial charge on any atom is -0.380 e. The van der Waals surface area contributed by atoms with Gasteiger partial charge in [0.1, 0.15) is 0 Å². The smallest absolute Gasteiger partial charge is 0.0710 e. The molecule has 0 bridgehead atoms. The summed E-state index contributed by atoms with van der Waals surface area (Å²) in [7, 11) is 1.77. The van der Waals surface area contributed by atoms with E-state index < -0.39 is 0 Å². The zero-order chi connectivity index (χ0) is 7.40. The van der Waals surface area contributed by atoms with Crippen LogP contribution in [-0.2, 0) is 4.74 Å². The first-order valence-electron chi connectivity index (χ1n) is 3.82. The molecular formula is C7H16N2O. The van der Waals surface area contributed by atoms with Crippen LogP contribution in [0.5, 0.6) is 0 Å². The Morgan fingerprint density at radius 3 is 3.00 bits per heavy atom. The standard InChI is InChI=1S/C7H16N2O/c1-10-7-2-4-9(6-7)5-3-8/h7H,2-6,8H2,1H3/t7-/m0/s1. The molecule has 0 spiro atoms. The maximum absolute atomic E-state index is 5.41. The summed E-state index contributed by atoms with van der Waals surface area (Å²) >= 11 is 0. The molecule has 1 fully saturated rings. The highest BCUT2D eigenvalue weighted by molar-refractivity contribution is 4.75. The number of ether oxygens (including phenoxy) is 1. The summed E-state index contributed by atoms with van der Waals surface area (Å²) < 4.78 is 5.21. The third kappa shape index (κ3) is 1.94. The highest BCUT2D eigenvalue weighted by atomic mass is 16.5. The maximum Gasteiger partial charge on any atom is 0.0710 e. The predicted octanol–water partition coefficient (Wildman–Crippen LogP) is -0.334. The second-order valence-electron chi connectivity index (χ2n) is 2.74. The van der Waals surface area contributed by atoms with Crippen molar-refractivity contribution in [3.63, 3.8) is 0 Å². The summed E-state index contributed by atoms with van der Waals surface area (Å²) in [5, 5.41) is 0. The second kappa shape index (κ2) is 3.91. The van der Waals surface area contributed by atoms with Gasteiger partial charge in [-0.25, -0.2) is 0 Å². The van der Waals surface area contributed by atoms with Crippen LogP contribution < -0.4 is 5.73 Å². The molecule has 1 saturated heterocycles. The molecule has 60 valence electrons. The fraction of sp³-hybridized carbons (Fsp3) is 1.00. The summed E-state index contributed by atoms with van der Waals surface area (Å²) in [6.07, 6.45) is 1.61. The van der Waals surface area contributed by atoms with Crippen LogP contribution in [0.2, 0.25) is 0 Å². The molecule has 0 amide bonds. The van der Waals surface area contributed by atoms with Crippen molar-refractivity contribution in [3.8, 4) is 0 Å². The summed E-state index contributed by atoms with van der Waals surface area (Å²) in [6.45, 7) is 3.99. The third-order valence-corrected chi connectivity index (χ3v) is 2.01. The molecule has 0 aromatic heterocycles. The lowest BCUT2D eigenvalue weighted by atomic mass is 10.3. The van der Waals surface area contributed by atoms with E-state index in [1.54, 1.807) is 7.11 Å². The number of methoxy groups -OCH3 is 1. The average molecular weight is 144 g/mol. The second-order valence-corrected chi connectivity index (χ2v) is 2.74. The molecule has 0 saturated carbocycles. The van der Waals surface area contributed by atoms with E-state index in [0.717, 1.165) is 32.6 Å². The third-order valence-electron chi connectivity index (χ3n) is 2.01. The van der Waals surface area contributed by atoms with Gasteiger partial charge < -0.3 is 10.5 Å². The first-order chi connectivity index (χ1) is 4.86. The van der Waals surface area contributed by atoms with Gasteiger partial charge in [0.05, 0.1) is 6.10 Å². The number of hydrogen-bond donors (Lipinski definition) is 1. The van der Waals surface area contributed by atoms with Crippen LogP contribution >= 0.6 is 0 Å². The molecule has 2 N–H and O–H groups in total. The number of nitrogens with zero attached hydrogens (tertiary/aromatic N) is 1. The van der Waals surface area contributed by atoms with Crippen molar-refractivity contribution in [1.29, 1.82) is 0 Å². The summed E-state index contributed by atoms with van der Waals surface area (Å²) in [4.78, 5) is 2.34. The van der Waals surface area contributed by atoms with Crippen LogP contribution in [-0.4, -0.2) is 44.3 Å². The van der Waals surface area contributed by atoms with E-state index in [2.05, 4.69) is 4.90 Å². The molecule has 1 aliphatic rings. The predicted molar refractivity (Wildman–Crippen MR) is 40.9 cm³/mol. The van der Waals surface area contributed by atoms with E-state index >= 15 is 0 Å². The van der Waals surface area contributed by atoms with E-state index in [4.69, 9.17) is 10.5 Å². The van der Waals surface area contributed by atoms with Gasteiger partial charge in [0, 0.05) is 33.3 Å². The lowest BCUT2D eigenvalue weighted by Crippen LogP contribution is -2.28. The van der Waals surface area contributed by atoms with Gasteiger partial charge in [0.15, 0.2) is 0 Å². The molecule has 1 aliphatic heterocycles. The van der Waals surface area contributed by atoms with Crippen LogP contribution in [0.15, 0.2) is 0 Å². The molecule has 3 heteroatoms. The van der Waals surface area contributed by atoms with Crippen molar-refractivity contribution in [2.24, 2.45) is 5.73 Å². The van der Waals surface area contributed by atoms with Crippen molar-refractivity contribution >= 4 is 0 Å². The molecule has 0 radical (unpaired) electrons. The normalized spacial score (nSPS) is 27.6. The molecule has 3 nitrogen and oxygen atoms in total. The minimum atomic E-state index is 0.451. The summed E-state index contributed by atoms with van der Waals surface area (Å²) in [5.41, 5.74) is 5.41. The largest absolute Gasteiger partial charge is 0.380 e. The Labute approximate surface area is 62.1 Å². The fourth-order valence-electron chi connectivity index (χ4n) is 1.38. The van der Waals surface area contributed by atoms with Gasteiger partial charge in [-0.05, 0) is 6.42 Å². The van der Waals surface area contributed by atoms with Crippen LogP contribution in [0.1, 0.15) is 6.42 Å². The molecule has 1 rings (SSSR count). The highest BCUT2D eigenvalue weighted by Crippen LogP contribution is 2.09. The van der Waals surface area contributed by atoms with Gasteiger partial charge in [-0.15, -0.1) is 0 Å². The summed E-state index contributed by atoms with van der Waals surface area (Å²) in [5.74, 6) is 0. The molecule has 0 unspecified atom stereocenters. The Bertz CT molecular complexity index is 97.6. The Morgan fingerprint density at radius 1 is 1.70 bits per heavy atom. The van der Waals surface area contributed by atoms with Gasteiger partial charge in [-0.3, -0.25) is 4.90 Å². The zero-order valence-corrected chi connectivity index (χ0v) is 6.55. The lowest BCUT2D eigenvalue weighted by molar-refractivity contribution is 0.108. The molecule has 1 atom stereocenters. The van der Waals surface area contributed by atoms with E-state index in [1.165, 1.54) is 0 Å². The first-order valence-corrected chi connectivity index (χ1v) is 3.82. The SMILES string of the molecule is CO[C@H]1CCN(CCN)C1. The maximum atomic E-state index is 5.41. The van der Waals surface area contributed by atoms with Gasteiger partial charge in [-0.1, -0.05) is 0 Å². The quantitative estimate of drug-likeness (QED) is 0.589. The molecule has 0 aliphatic carbocycles. The molecule has 0 aromatic carbocycles. The average Bonchev–Trinajstić information content (AvgIpc) is 2.37. The molecule has 1 heterocycles. The molecule has 0 aromatic rings. The minimum absolute atomic E-state index is 0.451. The van der Waals surface area contributed by atoms with E-state index in [-0.39, 0.29) is 0 Å². The van der Waals surface area contributed by atoms with E-state index in [9.17, 15) is 0 Å². The monoisotopic (exact) mass is 144 g/mol. The Morgan fingerprint density at radius 2 is 2.50 bits per heavy atom. The molecule has 10 heavy (non-hydrogen) atoms. The van der Waals surface area contributed by atoms with Crippen LogP contribution in [0.4, 0.5) is 0 Å². The van der Waals surface area contributed by atoms with Crippen LogP contribution in [0.25, 0.3) is 0 Å². The fourth-order valence-corrected chi connectivity index (χ4v) is 1.38. The van der Waals surface area contributed by atoms with Gasteiger partial charge >= 0.3 is 0 Å². The van der Waals surface area contributed by atoms with E-state index in [0.29, 0.717) is 6.10 Å². The Kier molecular flexibility index (Phi) is 3.12. The van der Waals surface area contributed by atoms with Gasteiger partial charge in [0.2, 0.25) is 0 Å². The van der Waals surface area contributed by atoms with Crippen molar-refractivity contribution in [2.45, 2.75) is 12.5 Å². The van der Waals surface area contributed by atoms with Crippen molar-refractivity contribution in [1.82, 2.24) is 4.90 Å². The number of nitrogens with two attached hydrogens (primary N) is 1. The molecular weight excluding hydrogens is 128 g/mol. The Balaban J connectivity index is 2.15. The van der Waals surface area contributed by atoms with Crippen molar-refractivity contribution in [2.75, 3.05) is 33.3 Å². The summed E-state index contributed by atoms with van der Waals surface area (Å²) in [6, 6.07) is 0. The number of hydrogen-bond acceptors (Lipinski definition) is 3.